The molecule has 0 bridgehead atoms. The van der Waals surface area contributed by atoms with Gasteiger partial charge in [0.05, 0.1) is 27.9 Å². The van der Waals surface area contributed by atoms with Crippen LogP contribution in [0.3, 0.4) is 0 Å². The van der Waals surface area contributed by atoms with Crippen LogP contribution in [0.5, 0.6) is 0 Å². The maximum Gasteiger partial charge on any atom is 0.418 e. The van der Waals surface area contributed by atoms with Crippen molar-refractivity contribution >= 4 is 40.8 Å². The second kappa shape index (κ2) is 8.74. The average molecular weight is 441 g/mol. The van der Waals surface area contributed by atoms with Crippen molar-refractivity contribution in [2.45, 2.75) is 12.6 Å². The first-order chi connectivity index (χ1) is 14.2. The van der Waals surface area contributed by atoms with Crippen molar-refractivity contribution in [3.8, 4) is 0 Å². The molecule has 2 aromatic carbocycles. The van der Waals surface area contributed by atoms with Crippen LogP contribution in [0, 0.1) is 5.92 Å². The molecular formula is C20H16ClF3N2O4. The topological polar surface area (TPSA) is 75.7 Å². The number of anilines is 2. The Morgan fingerprint density at radius 3 is 2.50 bits per heavy atom. The Hall–Kier alpha value is -3.07. The van der Waals surface area contributed by atoms with Crippen LogP contribution in [0.2, 0.25) is 5.02 Å². The summed E-state index contributed by atoms with van der Waals surface area (Å²) in [6.45, 7) is -0.748. The Morgan fingerprint density at radius 2 is 1.80 bits per heavy atom. The van der Waals surface area contributed by atoms with Crippen molar-refractivity contribution in [2.75, 3.05) is 23.4 Å². The number of halogens is 4. The number of benzene rings is 2. The van der Waals surface area contributed by atoms with E-state index in [0.29, 0.717) is 10.7 Å². The summed E-state index contributed by atoms with van der Waals surface area (Å²) >= 11 is 6.08. The summed E-state index contributed by atoms with van der Waals surface area (Å²) in [7, 11) is 0. The first-order valence-electron chi connectivity index (χ1n) is 8.84. The molecule has 1 aliphatic rings. The van der Waals surface area contributed by atoms with E-state index in [0.717, 1.165) is 12.1 Å². The van der Waals surface area contributed by atoms with Gasteiger partial charge in [-0.3, -0.25) is 14.4 Å². The number of hydrogen-bond donors (Lipinski definition) is 1. The monoisotopic (exact) mass is 440 g/mol. The number of alkyl halides is 3. The van der Waals surface area contributed by atoms with Crippen LogP contribution in [0.15, 0.2) is 48.5 Å². The molecule has 1 aliphatic heterocycles. The molecule has 0 radical (unpaired) electrons. The fourth-order valence-corrected chi connectivity index (χ4v) is 3.29. The van der Waals surface area contributed by atoms with E-state index in [9.17, 15) is 27.6 Å². The highest BCUT2D eigenvalue weighted by molar-refractivity contribution is 6.33. The Balaban J connectivity index is 1.57. The van der Waals surface area contributed by atoms with Gasteiger partial charge in [0.2, 0.25) is 5.91 Å². The highest BCUT2D eigenvalue weighted by Crippen LogP contribution is 2.34. The number of para-hydroxylation sites is 2. The van der Waals surface area contributed by atoms with E-state index in [1.165, 1.54) is 17.0 Å². The lowest BCUT2D eigenvalue weighted by Gasteiger charge is -2.17. The maximum atomic E-state index is 13.0. The van der Waals surface area contributed by atoms with Crippen molar-refractivity contribution in [1.29, 1.82) is 0 Å². The number of amides is 2. The highest BCUT2D eigenvalue weighted by Gasteiger charge is 2.37. The van der Waals surface area contributed by atoms with E-state index in [1.807, 2.05) is 0 Å². The Labute approximate surface area is 174 Å². The highest BCUT2D eigenvalue weighted by atomic mass is 35.5. The third-order valence-corrected chi connectivity index (χ3v) is 4.77. The maximum absolute atomic E-state index is 13.0. The van der Waals surface area contributed by atoms with E-state index < -0.39 is 41.8 Å². The van der Waals surface area contributed by atoms with Crippen molar-refractivity contribution in [3.63, 3.8) is 0 Å². The zero-order chi connectivity index (χ0) is 21.9. The van der Waals surface area contributed by atoms with Gasteiger partial charge in [0, 0.05) is 13.0 Å². The van der Waals surface area contributed by atoms with Crippen LogP contribution in [0.25, 0.3) is 0 Å². The predicted octanol–water partition coefficient (Wildman–Crippen LogP) is 3.89. The third kappa shape index (κ3) is 4.91. The molecule has 1 saturated heterocycles. The SMILES string of the molecule is O=C(COC(=O)C1CC(=O)N(c2ccccc2Cl)C1)Nc1ccccc1C(F)(F)F. The van der Waals surface area contributed by atoms with Gasteiger partial charge in [-0.15, -0.1) is 0 Å². The minimum Gasteiger partial charge on any atom is -0.455 e. The van der Waals surface area contributed by atoms with Crippen molar-refractivity contribution in [2.24, 2.45) is 5.92 Å². The quantitative estimate of drug-likeness (QED) is 0.716. The fraction of sp³-hybridized carbons (Fsp3) is 0.250. The minimum atomic E-state index is -4.65. The predicted molar refractivity (Wildman–Crippen MR) is 103 cm³/mol. The number of rotatable bonds is 5. The lowest BCUT2D eigenvalue weighted by atomic mass is 10.1. The average Bonchev–Trinajstić information content (AvgIpc) is 3.07. The van der Waals surface area contributed by atoms with Gasteiger partial charge in [0.15, 0.2) is 6.61 Å². The molecule has 1 heterocycles. The molecule has 3 rings (SSSR count). The summed E-state index contributed by atoms with van der Waals surface area (Å²) in [6, 6.07) is 11.1. The lowest BCUT2D eigenvalue weighted by molar-refractivity contribution is -0.151. The van der Waals surface area contributed by atoms with E-state index >= 15 is 0 Å². The molecule has 0 saturated carbocycles. The van der Waals surface area contributed by atoms with Crippen molar-refractivity contribution < 1.29 is 32.3 Å². The van der Waals surface area contributed by atoms with Gasteiger partial charge >= 0.3 is 12.1 Å². The Kier molecular flexibility index (Phi) is 6.31. The third-order valence-electron chi connectivity index (χ3n) is 4.45. The second-order valence-electron chi connectivity index (χ2n) is 6.56. The summed E-state index contributed by atoms with van der Waals surface area (Å²) in [6.07, 6.45) is -4.77. The van der Waals surface area contributed by atoms with E-state index in [1.54, 1.807) is 24.3 Å². The molecule has 1 fully saturated rings. The summed E-state index contributed by atoms with van der Waals surface area (Å²) in [5.41, 5.74) is -0.991. The number of carbonyl (C=O) groups excluding carboxylic acids is 3. The standard InChI is InChI=1S/C20H16ClF3N2O4/c21-14-6-2-4-8-16(14)26-10-12(9-18(26)28)19(29)30-11-17(27)25-15-7-3-1-5-13(15)20(22,23)24/h1-8,12H,9-11H2,(H,25,27). The lowest BCUT2D eigenvalue weighted by Crippen LogP contribution is -2.28. The summed E-state index contributed by atoms with van der Waals surface area (Å²) < 4.78 is 43.8. The van der Waals surface area contributed by atoms with Crippen LogP contribution in [0.1, 0.15) is 12.0 Å². The van der Waals surface area contributed by atoms with Gasteiger partial charge < -0.3 is 15.0 Å². The van der Waals surface area contributed by atoms with Crippen molar-refractivity contribution in [1.82, 2.24) is 0 Å². The molecule has 2 aromatic rings. The van der Waals surface area contributed by atoms with Gasteiger partial charge in [0.25, 0.3) is 5.91 Å². The normalized spacial score (nSPS) is 16.5. The molecule has 0 spiro atoms. The van der Waals surface area contributed by atoms with Gasteiger partial charge in [-0.05, 0) is 24.3 Å². The largest absolute Gasteiger partial charge is 0.455 e. The van der Waals surface area contributed by atoms with Gasteiger partial charge in [-0.1, -0.05) is 35.9 Å². The van der Waals surface area contributed by atoms with Gasteiger partial charge in [-0.25, -0.2) is 0 Å². The van der Waals surface area contributed by atoms with Crippen LogP contribution in [-0.2, 0) is 25.3 Å². The fourth-order valence-electron chi connectivity index (χ4n) is 3.05. The number of esters is 1. The second-order valence-corrected chi connectivity index (χ2v) is 6.96. The molecule has 158 valence electrons. The van der Waals surface area contributed by atoms with E-state index in [4.69, 9.17) is 16.3 Å². The van der Waals surface area contributed by atoms with E-state index in [-0.39, 0.29) is 18.9 Å². The van der Waals surface area contributed by atoms with Crippen LogP contribution in [0.4, 0.5) is 24.5 Å². The number of nitrogens with one attached hydrogen (secondary N) is 1. The van der Waals surface area contributed by atoms with Crippen LogP contribution >= 0.6 is 11.6 Å². The molecule has 0 aromatic heterocycles. The van der Waals surface area contributed by atoms with Gasteiger partial charge in [0.1, 0.15) is 0 Å². The van der Waals surface area contributed by atoms with Crippen LogP contribution in [-0.4, -0.2) is 30.9 Å². The van der Waals surface area contributed by atoms with E-state index in [2.05, 4.69) is 5.32 Å². The molecule has 0 aliphatic carbocycles. The number of nitrogens with zero attached hydrogens (tertiary/aromatic N) is 1. The summed E-state index contributed by atoms with van der Waals surface area (Å²) in [5, 5.41) is 2.43. The molecule has 2 amide bonds. The van der Waals surface area contributed by atoms with Crippen molar-refractivity contribution in [3.05, 3.63) is 59.1 Å². The molecule has 30 heavy (non-hydrogen) atoms. The minimum absolute atomic E-state index is 0.0277. The molecule has 1 N–H and O–H groups in total. The zero-order valence-electron chi connectivity index (χ0n) is 15.4. The summed E-state index contributed by atoms with van der Waals surface area (Å²) in [5.74, 6) is -2.86. The molecule has 1 atom stereocenters. The smallest absolute Gasteiger partial charge is 0.418 e. The molecular weight excluding hydrogens is 425 g/mol. The number of carbonyl (C=O) groups is 3. The Morgan fingerprint density at radius 1 is 1.13 bits per heavy atom. The zero-order valence-corrected chi connectivity index (χ0v) is 16.2. The molecule has 10 heteroatoms. The number of ether oxygens (including phenoxy) is 1. The molecule has 1 unspecified atom stereocenters. The Bertz CT molecular complexity index is 981. The summed E-state index contributed by atoms with van der Waals surface area (Å²) in [4.78, 5) is 37.8. The van der Waals surface area contributed by atoms with Gasteiger partial charge in [-0.2, -0.15) is 13.2 Å². The first kappa shape index (κ1) is 21.6. The first-order valence-corrected chi connectivity index (χ1v) is 9.22. The number of hydrogen-bond acceptors (Lipinski definition) is 4. The van der Waals surface area contributed by atoms with Crippen LogP contribution < -0.4 is 10.2 Å². The molecule has 6 nitrogen and oxygen atoms in total.